The lowest BCUT2D eigenvalue weighted by molar-refractivity contribution is 0.305. The highest BCUT2D eigenvalue weighted by Crippen LogP contribution is 2.22. The van der Waals surface area contributed by atoms with Crippen molar-refractivity contribution in [3.63, 3.8) is 0 Å². The summed E-state index contributed by atoms with van der Waals surface area (Å²) >= 11 is 3.32. The van der Waals surface area contributed by atoms with E-state index in [1.54, 1.807) is 6.07 Å². The summed E-state index contributed by atoms with van der Waals surface area (Å²) in [6, 6.07) is 12.4. The highest BCUT2D eigenvalue weighted by atomic mass is 79.9. The van der Waals surface area contributed by atoms with E-state index in [-0.39, 0.29) is 11.9 Å². The van der Waals surface area contributed by atoms with Crippen molar-refractivity contribution >= 4 is 15.9 Å². The number of ether oxygens (including phenoxy) is 1. The number of hydrogen-bond acceptors (Lipinski definition) is 2. The van der Waals surface area contributed by atoms with Gasteiger partial charge in [0.05, 0.1) is 0 Å². The van der Waals surface area contributed by atoms with E-state index in [0.29, 0.717) is 11.1 Å². The van der Waals surface area contributed by atoms with Gasteiger partial charge < -0.3 is 10.5 Å². The minimum absolute atomic E-state index is 0.0651. The molecule has 0 aliphatic rings. The van der Waals surface area contributed by atoms with Gasteiger partial charge in [-0.3, -0.25) is 0 Å². The van der Waals surface area contributed by atoms with Crippen LogP contribution in [-0.2, 0) is 6.61 Å². The maximum absolute atomic E-state index is 13.0. The maximum Gasteiger partial charge on any atom is 0.124 e. The van der Waals surface area contributed by atoms with E-state index in [0.717, 1.165) is 23.3 Å². The molecule has 4 heteroatoms. The fraction of sp³-hybridized carbons (Fsp3) is 0.250. The first-order valence-electron chi connectivity index (χ1n) is 6.52. The second-order valence-corrected chi connectivity index (χ2v) is 5.46. The van der Waals surface area contributed by atoms with Crippen molar-refractivity contribution in [3.8, 4) is 5.75 Å². The van der Waals surface area contributed by atoms with Crippen LogP contribution in [0, 0.1) is 5.82 Å². The van der Waals surface area contributed by atoms with E-state index in [9.17, 15) is 4.39 Å². The standard InChI is InChI=1S/C16H17BrFNO/c1-2-16(19)11-4-7-14(8-5-11)20-10-12-3-6-13(18)9-15(12)17/h3-9,16H,2,10,19H2,1H3/t16-/m0/s1. The molecule has 0 fully saturated rings. The SMILES string of the molecule is CC[C@H](N)c1ccc(OCc2ccc(F)cc2Br)cc1. The summed E-state index contributed by atoms with van der Waals surface area (Å²) in [7, 11) is 0. The van der Waals surface area contributed by atoms with Crippen molar-refractivity contribution in [2.75, 3.05) is 0 Å². The van der Waals surface area contributed by atoms with Gasteiger partial charge in [0.2, 0.25) is 0 Å². The zero-order valence-electron chi connectivity index (χ0n) is 11.3. The first-order valence-corrected chi connectivity index (χ1v) is 7.31. The van der Waals surface area contributed by atoms with Gasteiger partial charge in [-0.15, -0.1) is 0 Å². The third kappa shape index (κ3) is 3.81. The molecule has 20 heavy (non-hydrogen) atoms. The fourth-order valence-corrected chi connectivity index (χ4v) is 2.31. The topological polar surface area (TPSA) is 35.2 Å². The lowest BCUT2D eigenvalue weighted by Crippen LogP contribution is -2.08. The van der Waals surface area contributed by atoms with Crippen LogP contribution in [0.2, 0.25) is 0 Å². The molecule has 0 bridgehead atoms. The summed E-state index contributed by atoms with van der Waals surface area (Å²) in [5, 5.41) is 0. The summed E-state index contributed by atoms with van der Waals surface area (Å²) in [4.78, 5) is 0. The maximum atomic E-state index is 13.0. The molecule has 0 unspecified atom stereocenters. The molecule has 2 aromatic carbocycles. The van der Waals surface area contributed by atoms with Crippen LogP contribution in [0.3, 0.4) is 0 Å². The molecule has 0 heterocycles. The summed E-state index contributed by atoms with van der Waals surface area (Å²) in [6.45, 7) is 2.45. The van der Waals surface area contributed by atoms with E-state index in [1.807, 2.05) is 24.3 Å². The Balaban J connectivity index is 2.00. The summed E-state index contributed by atoms with van der Waals surface area (Å²) in [6.07, 6.45) is 0.905. The van der Waals surface area contributed by atoms with Crippen LogP contribution >= 0.6 is 15.9 Å². The second kappa shape index (κ2) is 6.86. The molecule has 0 aliphatic carbocycles. The quantitative estimate of drug-likeness (QED) is 0.866. The van der Waals surface area contributed by atoms with E-state index in [2.05, 4.69) is 22.9 Å². The molecule has 106 valence electrons. The molecule has 0 radical (unpaired) electrons. The average Bonchev–Trinajstić information content (AvgIpc) is 2.46. The van der Waals surface area contributed by atoms with E-state index in [4.69, 9.17) is 10.5 Å². The van der Waals surface area contributed by atoms with Crippen LogP contribution in [0.15, 0.2) is 46.9 Å². The average molecular weight is 338 g/mol. The number of halogens is 2. The zero-order valence-corrected chi connectivity index (χ0v) is 12.9. The number of hydrogen-bond donors (Lipinski definition) is 1. The summed E-state index contributed by atoms with van der Waals surface area (Å²) < 4.78 is 19.4. The molecule has 1 atom stereocenters. The Morgan fingerprint density at radius 2 is 1.90 bits per heavy atom. The van der Waals surface area contributed by atoms with Crippen LogP contribution < -0.4 is 10.5 Å². The van der Waals surface area contributed by atoms with Crippen molar-refractivity contribution in [1.82, 2.24) is 0 Å². The highest BCUT2D eigenvalue weighted by Gasteiger charge is 2.05. The van der Waals surface area contributed by atoms with Gasteiger partial charge >= 0.3 is 0 Å². The molecular weight excluding hydrogens is 321 g/mol. The van der Waals surface area contributed by atoms with Gasteiger partial charge in [0.1, 0.15) is 18.2 Å². The van der Waals surface area contributed by atoms with E-state index < -0.39 is 0 Å². The lowest BCUT2D eigenvalue weighted by atomic mass is 10.1. The second-order valence-electron chi connectivity index (χ2n) is 4.61. The van der Waals surface area contributed by atoms with Crippen LogP contribution in [0.4, 0.5) is 4.39 Å². The lowest BCUT2D eigenvalue weighted by Gasteiger charge is -2.11. The molecule has 0 spiro atoms. The Bertz CT molecular complexity index is 571. The Morgan fingerprint density at radius 3 is 2.50 bits per heavy atom. The predicted octanol–water partition coefficient (Wildman–Crippen LogP) is 4.58. The smallest absolute Gasteiger partial charge is 0.124 e. The molecule has 2 aromatic rings. The molecule has 0 aromatic heterocycles. The Morgan fingerprint density at radius 1 is 1.20 bits per heavy atom. The monoisotopic (exact) mass is 337 g/mol. The molecule has 0 amide bonds. The minimum Gasteiger partial charge on any atom is -0.489 e. The van der Waals surface area contributed by atoms with Crippen LogP contribution in [0.1, 0.15) is 30.5 Å². The Labute approximate surface area is 126 Å². The van der Waals surface area contributed by atoms with Crippen molar-refractivity contribution in [1.29, 1.82) is 0 Å². The zero-order chi connectivity index (χ0) is 14.5. The number of nitrogens with two attached hydrogens (primary N) is 1. The molecule has 0 saturated carbocycles. The third-order valence-electron chi connectivity index (χ3n) is 3.16. The van der Waals surface area contributed by atoms with Crippen molar-refractivity contribution in [2.24, 2.45) is 5.73 Å². The van der Waals surface area contributed by atoms with Crippen molar-refractivity contribution in [3.05, 3.63) is 63.9 Å². The van der Waals surface area contributed by atoms with Crippen LogP contribution in [-0.4, -0.2) is 0 Å². The summed E-state index contributed by atoms with van der Waals surface area (Å²) in [5.41, 5.74) is 7.96. The Hall–Kier alpha value is -1.39. The highest BCUT2D eigenvalue weighted by molar-refractivity contribution is 9.10. The largest absolute Gasteiger partial charge is 0.489 e. The first kappa shape index (κ1) is 15.0. The number of benzene rings is 2. The van der Waals surface area contributed by atoms with Gasteiger partial charge in [0, 0.05) is 16.1 Å². The normalized spacial score (nSPS) is 12.2. The molecule has 2 rings (SSSR count). The third-order valence-corrected chi connectivity index (χ3v) is 3.90. The van der Waals surface area contributed by atoms with Gasteiger partial charge in [-0.2, -0.15) is 0 Å². The van der Waals surface area contributed by atoms with Gasteiger partial charge in [0.25, 0.3) is 0 Å². The van der Waals surface area contributed by atoms with E-state index >= 15 is 0 Å². The van der Waals surface area contributed by atoms with Gasteiger partial charge in [-0.25, -0.2) is 4.39 Å². The molecule has 0 saturated heterocycles. The van der Waals surface area contributed by atoms with Gasteiger partial charge in [-0.1, -0.05) is 41.1 Å². The molecule has 2 N–H and O–H groups in total. The minimum atomic E-state index is -0.265. The Kier molecular flexibility index (Phi) is 5.15. The van der Waals surface area contributed by atoms with E-state index in [1.165, 1.54) is 12.1 Å². The van der Waals surface area contributed by atoms with Crippen molar-refractivity contribution in [2.45, 2.75) is 26.0 Å². The van der Waals surface area contributed by atoms with Gasteiger partial charge in [-0.05, 0) is 36.2 Å². The van der Waals surface area contributed by atoms with Gasteiger partial charge in [0.15, 0.2) is 0 Å². The van der Waals surface area contributed by atoms with Crippen LogP contribution in [0.25, 0.3) is 0 Å². The fourth-order valence-electron chi connectivity index (χ4n) is 1.85. The number of rotatable bonds is 5. The van der Waals surface area contributed by atoms with Crippen molar-refractivity contribution < 1.29 is 9.13 Å². The molecule has 2 nitrogen and oxygen atoms in total. The molecule has 0 aliphatic heterocycles. The predicted molar refractivity (Wildman–Crippen MR) is 82.1 cm³/mol. The molecular formula is C16H17BrFNO. The summed E-state index contributed by atoms with van der Waals surface area (Å²) in [5.74, 6) is 0.506. The van der Waals surface area contributed by atoms with Crippen LogP contribution in [0.5, 0.6) is 5.75 Å². The first-order chi connectivity index (χ1) is 9.60.